The van der Waals surface area contributed by atoms with Gasteiger partial charge in [-0.1, -0.05) is 23.5 Å². The van der Waals surface area contributed by atoms with Crippen LogP contribution in [-0.2, 0) is 9.84 Å². The number of piperazine rings is 1. The van der Waals surface area contributed by atoms with Crippen LogP contribution in [0.15, 0.2) is 47.4 Å². The van der Waals surface area contributed by atoms with E-state index in [9.17, 15) is 18.0 Å². The first-order valence-electron chi connectivity index (χ1n) is 11.0. The summed E-state index contributed by atoms with van der Waals surface area (Å²) in [5, 5.41) is 2.99. The van der Waals surface area contributed by atoms with Gasteiger partial charge < -0.3 is 15.5 Å². The third-order valence-corrected chi connectivity index (χ3v) is 8.59. The number of nitrogens with one attached hydrogen (secondary N) is 1. The van der Waals surface area contributed by atoms with Crippen LogP contribution in [0.25, 0.3) is 10.2 Å². The quantitative estimate of drug-likeness (QED) is 0.484. The molecule has 4 rings (SSSR count). The zero-order chi connectivity index (χ0) is 24.3. The first-order valence-corrected chi connectivity index (χ1v) is 13.4. The highest BCUT2D eigenvalue weighted by molar-refractivity contribution is 7.91. The number of nitrogens with zero attached hydrogens (tertiary/aromatic N) is 3. The van der Waals surface area contributed by atoms with Gasteiger partial charge in [0.15, 0.2) is 15.0 Å². The molecule has 1 saturated heterocycles. The molecule has 3 N–H and O–H groups in total. The van der Waals surface area contributed by atoms with E-state index in [0.717, 1.165) is 32.7 Å². The molecule has 1 aliphatic rings. The molecule has 34 heavy (non-hydrogen) atoms. The number of likely N-dealkylation sites (N-methyl/N-ethyl adjacent to an activating group) is 1. The molecule has 9 nitrogen and oxygen atoms in total. The van der Waals surface area contributed by atoms with Crippen LogP contribution in [0.3, 0.4) is 0 Å². The molecule has 11 heteroatoms. The number of thiazole rings is 1. The van der Waals surface area contributed by atoms with Crippen molar-refractivity contribution in [2.75, 3.05) is 50.8 Å². The molecule has 0 spiro atoms. The Morgan fingerprint density at radius 3 is 2.50 bits per heavy atom. The summed E-state index contributed by atoms with van der Waals surface area (Å²) in [6.45, 7) is 4.69. The third-order valence-electron chi connectivity index (χ3n) is 5.86. The smallest absolute Gasteiger partial charge is 0.258 e. The zero-order valence-electron chi connectivity index (χ0n) is 18.9. The number of anilines is 1. The lowest BCUT2D eigenvalue weighted by atomic mass is 10.1. The fourth-order valence-corrected chi connectivity index (χ4v) is 6.17. The van der Waals surface area contributed by atoms with E-state index < -0.39 is 21.7 Å². The van der Waals surface area contributed by atoms with Crippen molar-refractivity contribution < 1.29 is 18.0 Å². The number of fused-ring (bicyclic) bond motifs is 1. The van der Waals surface area contributed by atoms with Crippen molar-refractivity contribution in [1.29, 1.82) is 0 Å². The Kier molecular flexibility index (Phi) is 7.27. The molecule has 2 heterocycles. The largest absolute Gasteiger partial charge is 0.366 e. The van der Waals surface area contributed by atoms with Crippen molar-refractivity contribution >= 4 is 48.3 Å². The Balaban J connectivity index is 1.43. The number of hydrogen-bond donors (Lipinski definition) is 2. The van der Waals surface area contributed by atoms with E-state index in [1.807, 2.05) is 0 Å². The number of primary amides is 1. The van der Waals surface area contributed by atoms with E-state index in [4.69, 9.17) is 5.73 Å². The summed E-state index contributed by atoms with van der Waals surface area (Å²) in [6, 6.07) is 11.1. The molecule has 3 aromatic rings. The molecule has 180 valence electrons. The predicted octanol–water partition coefficient (Wildman–Crippen LogP) is 2.06. The number of rotatable bonds is 8. The van der Waals surface area contributed by atoms with Gasteiger partial charge in [-0.05, 0) is 50.3 Å². The summed E-state index contributed by atoms with van der Waals surface area (Å²) in [5.74, 6) is -1.13. The second kappa shape index (κ2) is 10.2. The average molecular weight is 502 g/mol. The molecule has 1 fully saturated rings. The van der Waals surface area contributed by atoms with Gasteiger partial charge in [0, 0.05) is 26.2 Å². The van der Waals surface area contributed by atoms with Crippen molar-refractivity contribution in [3.05, 3.63) is 53.6 Å². The molecular formula is C23H27N5O4S2. The molecular weight excluding hydrogens is 474 g/mol. The van der Waals surface area contributed by atoms with Gasteiger partial charge in [0.2, 0.25) is 5.91 Å². The minimum absolute atomic E-state index is 0.0805. The van der Waals surface area contributed by atoms with Crippen molar-refractivity contribution in [2.45, 2.75) is 11.3 Å². The number of aromatic nitrogens is 1. The molecule has 0 unspecified atom stereocenters. The standard InChI is InChI=1S/C23H27N5O4S2/c1-27-10-12-28(13-11-27)9-4-14-34(31,32)16-7-8-19-20(15-16)33-23(25-19)26-22(30)18-6-3-2-5-17(18)21(24)29/h2-3,5-8,15H,4,9-14H2,1H3,(H2,24,29)(H,25,26,30). The maximum absolute atomic E-state index is 12.9. The van der Waals surface area contributed by atoms with E-state index in [0.29, 0.717) is 21.8 Å². The second-order valence-electron chi connectivity index (χ2n) is 8.33. The van der Waals surface area contributed by atoms with Gasteiger partial charge in [-0.15, -0.1) is 0 Å². The van der Waals surface area contributed by atoms with Gasteiger partial charge in [0.05, 0.1) is 32.0 Å². The summed E-state index contributed by atoms with van der Waals surface area (Å²) in [6.07, 6.45) is 0.577. The number of sulfone groups is 1. The van der Waals surface area contributed by atoms with Crippen molar-refractivity contribution in [3.8, 4) is 0 Å². The van der Waals surface area contributed by atoms with Gasteiger partial charge in [-0.25, -0.2) is 13.4 Å². The van der Waals surface area contributed by atoms with Gasteiger partial charge in [0.1, 0.15) is 0 Å². The van der Waals surface area contributed by atoms with Gasteiger partial charge >= 0.3 is 0 Å². The molecule has 2 aromatic carbocycles. The Hall–Kier alpha value is -2.86. The monoisotopic (exact) mass is 501 g/mol. The van der Waals surface area contributed by atoms with E-state index in [1.165, 1.54) is 23.5 Å². The number of carbonyl (C=O) groups excluding carboxylic acids is 2. The van der Waals surface area contributed by atoms with Crippen LogP contribution in [0.5, 0.6) is 0 Å². The number of amides is 2. The lowest BCUT2D eigenvalue weighted by molar-refractivity contribution is 0.0977. The maximum Gasteiger partial charge on any atom is 0.258 e. The maximum atomic E-state index is 12.9. The van der Waals surface area contributed by atoms with E-state index in [2.05, 4.69) is 27.1 Å². The predicted molar refractivity (Wildman–Crippen MR) is 133 cm³/mol. The van der Waals surface area contributed by atoms with Crippen molar-refractivity contribution in [1.82, 2.24) is 14.8 Å². The van der Waals surface area contributed by atoms with Crippen molar-refractivity contribution in [2.24, 2.45) is 5.73 Å². The Bertz CT molecular complexity index is 1310. The van der Waals surface area contributed by atoms with E-state index in [-0.39, 0.29) is 21.8 Å². The highest BCUT2D eigenvalue weighted by Crippen LogP contribution is 2.29. The van der Waals surface area contributed by atoms with Gasteiger partial charge in [0.25, 0.3) is 5.91 Å². The first-order chi connectivity index (χ1) is 16.2. The Labute approximate surface area is 202 Å². The minimum Gasteiger partial charge on any atom is -0.366 e. The Morgan fingerprint density at radius 1 is 1.09 bits per heavy atom. The fourth-order valence-electron chi connectivity index (χ4n) is 3.88. The molecule has 0 radical (unpaired) electrons. The molecule has 0 aliphatic carbocycles. The highest BCUT2D eigenvalue weighted by Gasteiger charge is 2.20. The number of hydrogen-bond acceptors (Lipinski definition) is 8. The van der Waals surface area contributed by atoms with Crippen LogP contribution in [-0.4, -0.2) is 80.5 Å². The zero-order valence-corrected chi connectivity index (χ0v) is 20.5. The molecule has 2 amide bonds. The SMILES string of the molecule is CN1CCN(CCCS(=O)(=O)c2ccc3nc(NC(=O)c4ccccc4C(N)=O)sc3c2)CC1. The molecule has 1 aromatic heterocycles. The van der Waals surface area contributed by atoms with Crippen LogP contribution >= 0.6 is 11.3 Å². The van der Waals surface area contributed by atoms with Crippen LogP contribution in [0, 0.1) is 0 Å². The molecule has 0 atom stereocenters. The van der Waals surface area contributed by atoms with Crippen molar-refractivity contribution in [3.63, 3.8) is 0 Å². The number of carbonyl (C=O) groups is 2. The highest BCUT2D eigenvalue weighted by atomic mass is 32.2. The topological polar surface area (TPSA) is 126 Å². The fraction of sp³-hybridized carbons (Fsp3) is 0.348. The molecule has 1 aliphatic heterocycles. The summed E-state index contributed by atoms with van der Waals surface area (Å²) < 4.78 is 26.4. The summed E-state index contributed by atoms with van der Waals surface area (Å²) in [4.78, 5) is 33.4. The van der Waals surface area contributed by atoms with Crippen LogP contribution in [0.1, 0.15) is 27.1 Å². The van der Waals surface area contributed by atoms with Crippen LogP contribution in [0.2, 0.25) is 0 Å². The lowest BCUT2D eigenvalue weighted by Gasteiger charge is -2.32. The minimum atomic E-state index is -3.43. The number of benzene rings is 2. The third kappa shape index (κ3) is 5.61. The average Bonchev–Trinajstić information content (AvgIpc) is 3.21. The normalized spacial score (nSPS) is 15.4. The van der Waals surface area contributed by atoms with Gasteiger partial charge in [-0.2, -0.15) is 0 Å². The number of nitrogens with two attached hydrogens (primary N) is 1. The summed E-state index contributed by atoms with van der Waals surface area (Å²) in [5.41, 5.74) is 6.20. The Morgan fingerprint density at radius 2 is 1.79 bits per heavy atom. The summed E-state index contributed by atoms with van der Waals surface area (Å²) >= 11 is 1.17. The second-order valence-corrected chi connectivity index (χ2v) is 11.5. The molecule has 0 bridgehead atoms. The van der Waals surface area contributed by atoms with Crippen LogP contribution < -0.4 is 11.1 Å². The van der Waals surface area contributed by atoms with Crippen LogP contribution in [0.4, 0.5) is 5.13 Å². The molecule has 0 saturated carbocycles. The first kappa shape index (κ1) is 24.3. The van der Waals surface area contributed by atoms with E-state index >= 15 is 0 Å². The van der Waals surface area contributed by atoms with E-state index in [1.54, 1.807) is 30.3 Å². The lowest BCUT2D eigenvalue weighted by Crippen LogP contribution is -2.44. The van der Waals surface area contributed by atoms with Gasteiger partial charge in [-0.3, -0.25) is 14.9 Å². The summed E-state index contributed by atoms with van der Waals surface area (Å²) in [7, 11) is -1.34.